The molecule has 0 saturated heterocycles. The van der Waals surface area contributed by atoms with Crippen molar-refractivity contribution in [1.29, 1.82) is 0 Å². The molecular formula is C16H19NO3S. The van der Waals surface area contributed by atoms with Gasteiger partial charge in [-0.05, 0) is 43.0 Å². The molecule has 4 nitrogen and oxygen atoms in total. The number of carboxylic acid groups (broad SMARTS) is 1. The van der Waals surface area contributed by atoms with Crippen LogP contribution in [-0.2, 0) is 6.42 Å². The van der Waals surface area contributed by atoms with Crippen LogP contribution in [0.3, 0.4) is 0 Å². The highest BCUT2D eigenvalue weighted by molar-refractivity contribution is 7.09. The molecule has 0 saturated carbocycles. The largest absolute Gasteiger partial charge is 0.492 e. The molecule has 0 fully saturated rings. The fourth-order valence-electron chi connectivity index (χ4n) is 2.00. The molecule has 1 aromatic carbocycles. The number of nitrogens with one attached hydrogen (secondary N) is 1. The zero-order valence-corrected chi connectivity index (χ0v) is 12.7. The zero-order valence-electron chi connectivity index (χ0n) is 11.9. The summed E-state index contributed by atoms with van der Waals surface area (Å²) >= 11 is 1.76. The lowest BCUT2D eigenvalue weighted by Gasteiger charge is -2.13. The first-order valence-corrected chi connectivity index (χ1v) is 7.75. The Morgan fingerprint density at radius 1 is 1.38 bits per heavy atom. The van der Waals surface area contributed by atoms with Gasteiger partial charge in [0, 0.05) is 17.5 Å². The molecule has 0 spiro atoms. The van der Waals surface area contributed by atoms with Gasteiger partial charge in [-0.3, -0.25) is 0 Å². The molecule has 2 rings (SSSR count). The molecule has 0 aliphatic rings. The fourth-order valence-corrected chi connectivity index (χ4v) is 2.83. The number of ether oxygens (including phenoxy) is 1. The Bertz CT molecular complexity index is 569. The first-order chi connectivity index (χ1) is 10.1. The maximum absolute atomic E-state index is 10.9. The van der Waals surface area contributed by atoms with E-state index in [1.165, 1.54) is 10.9 Å². The van der Waals surface area contributed by atoms with Gasteiger partial charge in [0.2, 0.25) is 0 Å². The lowest BCUT2D eigenvalue weighted by Crippen LogP contribution is -2.31. The molecule has 112 valence electrons. The molecular weight excluding hydrogens is 286 g/mol. The zero-order chi connectivity index (χ0) is 15.1. The molecule has 1 aromatic heterocycles. The summed E-state index contributed by atoms with van der Waals surface area (Å²) in [5.41, 5.74) is 0.242. The van der Waals surface area contributed by atoms with Crippen LogP contribution >= 0.6 is 11.3 Å². The van der Waals surface area contributed by atoms with E-state index in [4.69, 9.17) is 9.84 Å². The average Bonchev–Trinajstić information content (AvgIpc) is 2.97. The molecule has 0 bridgehead atoms. The van der Waals surface area contributed by atoms with Crippen LogP contribution in [-0.4, -0.2) is 30.3 Å². The van der Waals surface area contributed by atoms with Crippen molar-refractivity contribution in [3.63, 3.8) is 0 Å². The minimum Gasteiger partial charge on any atom is -0.492 e. The van der Waals surface area contributed by atoms with Gasteiger partial charge in [0.25, 0.3) is 0 Å². The van der Waals surface area contributed by atoms with Crippen molar-refractivity contribution in [1.82, 2.24) is 5.32 Å². The summed E-state index contributed by atoms with van der Waals surface area (Å²) in [7, 11) is 0. The van der Waals surface area contributed by atoms with Gasteiger partial charge >= 0.3 is 5.97 Å². The Hall–Kier alpha value is -1.85. The van der Waals surface area contributed by atoms with Crippen molar-refractivity contribution in [3.8, 4) is 5.75 Å². The molecule has 2 aromatic rings. The van der Waals surface area contributed by atoms with E-state index in [-0.39, 0.29) is 5.56 Å². The Labute approximate surface area is 128 Å². The molecule has 21 heavy (non-hydrogen) atoms. The van der Waals surface area contributed by atoms with E-state index in [1.807, 2.05) is 0 Å². The number of carboxylic acids is 1. The Morgan fingerprint density at radius 2 is 2.24 bits per heavy atom. The van der Waals surface area contributed by atoms with Crippen molar-refractivity contribution in [2.45, 2.75) is 19.4 Å². The SMILES string of the molecule is CC(Cc1cccs1)NCCOc1cccc(C(=O)O)c1. The smallest absolute Gasteiger partial charge is 0.335 e. The van der Waals surface area contributed by atoms with Crippen LogP contribution in [0, 0.1) is 0 Å². The molecule has 5 heteroatoms. The van der Waals surface area contributed by atoms with Gasteiger partial charge in [0.1, 0.15) is 12.4 Å². The van der Waals surface area contributed by atoms with E-state index in [9.17, 15) is 4.79 Å². The predicted molar refractivity (Wildman–Crippen MR) is 84.4 cm³/mol. The Morgan fingerprint density at radius 3 is 2.95 bits per heavy atom. The second kappa shape index (κ2) is 7.81. The van der Waals surface area contributed by atoms with Gasteiger partial charge in [-0.1, -0.05) is 12.1 Å². The number of rotatable bonds is 8. The average molecular weight is 305 g/mol. The van der Waals surface area contributed by atoms with Gasteiger partial charge in [-0.25, -0.2) is 4.79 Å². The van der Waals surface area contributed by atoms with E-state index >= 15 is 0 Å². The van der Waals surface area contributed by atoms with Crippen LogP contribution in [0.5, 0.6) is 5.75 Å². The number of carbonyl (C=O) groups is 1. The topological polar surface area (TPSA) is 58.6 Å². The van der Waals surface area contributed by atoms with Crippen LogP contribution in [0.1, 0.15) is 22.2 Å². The first-order valence-electron chi connectivity index (χ1n) is 6.87. The second-order valence-electron chi connectivity index (χ2n) is 4.82. The summed E-state index contributed by atoms with van der Waals surface area (Å²) in [5.74, 6) is -0.356. The lowest BCUT2D eigenvalue weighted by molar-refractivity contribution is 0.0696. The van der Waals surface area contributed by atoms with Crippen molar-refractivity contribution >= 4 is 17.3 Å². The predicted octanol–water partition coefficient (Wildman–Crippen LogP) is 3.05. The van der Waals surface area contributed by atoms with Gasteiger partial charge in [-0.2, -0.15) is 0 Å². The summed E-state index contributed by atoms with van der Waals surface area (Å²) in [6, 6.07) is 11.1. The number of aromatic carboxylic acids is 1. The van der Waals surface area contributed by atoms with E-state index in [1.54, 1.807) is 29.5 Å². The third kappa shape index (κ3) is 5.21. The minimum absolute atomic E-state index is 0.242. The summed E-state index contributed by atoms with van der Waals surface area (Å²) in [6.07, 6.45) is 1.01. The molecule has 2 N–H and O–H groups in total. The number of hydrogen-bond acceptors (Lipinski definition) is 4. The molecule has 0 radical (unpaired) electrons. The normalized spacial score (nSPS) is 12.0. The molecule has 1 unspecified atom stereocenters. The third-order valence-electron chi connectivity index (χ3n) is 3.03. The number of thiophene rings is 1. The summed E-state index contributed by atoms with van der Waals surface area (Å²) in [4.78, 5) is 12.2. The van der Waals surface area contributed by atoms with E-state index < -0.39 is 5.97 Å². The lowest BCUT2D eigenvalue weighted by atomic mass is 10.2. The van der Waals surface area contributed by atoms with Gasteiger partial charge in [0.15, 0.2) is 0 Å². The van der Waals surface area contributed by atoms with Crippen molar-refractivity contribution in [2.24, 2.45) is 0 Å². The van der Waals surface area contributed by atoms with Crippen LogP contribution < -0.4 is 10.1 Å². The monoisotopic (exact) mass is 305 g/mol. The minimum atomic E-state index is -0.942. The van der Waals surface area contributed by atoms with Crippen LogP contribution in [0.15, 0.2) is 41.8 Å². The van der Waals surface area contributed by atoms with Crippen molar-refractivity contribution < 1.29 is 14.6 Å². The summed E-state index contributed by atoms with van der Waals surface area (Å²) in [5, 5.41) is 14.4. The van der Waals surface area contributed by atoms with Crippen LogP contribution in [0.4, 0.5) is 0 Å². The Kier molecular flexibility index (Phi) is 5.78. The van der Waals surface area contributed by atoms with E-state index in [0.29, 0.717) is 18.4 Å². The maximum atomic E-state index is 10.9. The van der Waals surface area contributed by atoms with E-state index in [2.05, 4.69) is 29.8 Å². The maximum Gasteiger partial charge on any atom is 0.335 e. The highest BCUT2D eigenvalue weighted by atomic mass is 32.1. The molecule has 0 aliphatic heterocycles. The molecule has 1 atom stereocenters. The van der Waals surface area contributed by atoms with Gasteiger partial charge in [0.05, 0.1) is 5.56 Å². The van der Waals surface area contributed by atoms with E-state index in [0.717, 1.165) is 13.0 Å². The first kappa shape index (κ1) is 15.5. The number of hydrogen-bond donors (Lipinski definition) is 2. The highest BCUT2D eigenvalue weighted by Crippen LogP contribution is 2.13. The van der Waals surface area contributed by atoms with Gasteiger partial charge < -0.3 is 15.2 Å². The number of benzene rings is 1. The van der Waals surface area contributed by atoms with Crippen molar-refractivity contribution in [2.75, 3.05) is 13.2 Å². The summed E-state index contributed by atoms with van der Waals surface area (Å²) in [6.45, 7) is 3.38. The molecule has 1 heterocycles. The molecule has 0 aliphatic carbocycles. The second-order valence-corrected chi connectivity index (χ2v) is 5.85. The standard InChI is InChI=1S/C16H19NO3S/c1-12(10-15-6-3-9-21-15)17-7-8-20-14-5-2-4-13(11-14)16(18)19/h2-6,9,11-12,17H,7-8,10H2,1H3,(H,18,19). The Balaban J connectivity index is 1.69. The highest BCUT2D eigenvalue weighted by Gasteiger charge is 2.05. The summed E-state index contributed by atoms with van der Waals surface area (Å²) < 4.78 is 5.56. The quantitative estimate of drug-likeness (QED) is 0.736. The fraction of sp³-hybridized carbons (Fsp3) is 0.312. The van der Waals surface area contributed by atoms with Crippen LogP contribution in [0.25, 0.3) is 0 Å². The van der Waals surface area contributed by atoms with Gasteiger partial charge in [-0.15, -0.1) is 11.3 Å². The molecule has 0 amide bonds. The third-order valence-corrected chi connectivity index (χ3v) is 3.93. The van der Waals surface area contributed by atoms with Crippen molar-refractivity contribution in [3.05, 3.63) is 52.2 Å². The van der Waals surface area contributed by atoms with Crippen LogP contribution in [0.2, 0.25) is 0 Å².